The van der Waals surface area contributed by atoms with Gasteiger partial charge in [-0.15, -0.1) is 0 Å². The number of hydrogen-bond acceptors (Lipinski definition) is 1. The molecule has 0 unspecified atom stereocenters. The number of rotatable bonds is 0. The summed E-state index contributed by atoms with van der Waals surface area (Å²) in [4.78, 5) is 0. The summed E-state index contributed by atoms with van der Waals surface area (Å²) >= 11 is 0. The first-order chi connectivity index (χ1) is 8.79. The van der Waals surface area contributed by atoms with Crippen molar-refractivity contribution in [2.75, 3.05) is 6.61 Å². The molecule has 18 heavy (non-hydrogen) atoms. The van der Waals surface area contributed by atoms with Gasteiger partial charge in [0.25, 0.3) is 0 Å². The monoisotopic (exact) mass is 246 g/mol. The lowest BCUT2D eigenvalue weighted by Crippen LogP contribution is -2.60. The third kappa shape index (κ3) is 0.873. The molecule has 4 spiro atoms. The third-order valence-corrected chi connectivity index (χ3v) is 8.28. The Morgan fingerprint density at radius 2 is 1.17 bits per heavy atom. The van der Waals surface area contributed by atoms with E-state index >= 15 is 0 Å². The molecule has 0 aromatic heterocycles. The maximum absolute atomic E-state index is 6.06. The van der Waals surface area contributed by atoms with Crippen molar-refractivity contribution in [1.29, 1.82) is 0 Å². The molecule has 5 fully saturated rings. The van der Waals surface area contributed by atoms with Crippen molar-refractivity contribution in [1.82, 2.24) is 0 Å². The summed E-state index contributed by atoms with van der Waals surface area (Å²) in [6, 6.07) is 0. The Morgan fingerprint density at radius 3 is 1.78 bits per heavy atom. The molecule has 1 heteroatoms. The zero-order chi connectivity index (χ0) is 11.9. The van der Waals surface area contributed by atoms with Crippen LogP contribution in [0.3, 0.4) is 0 Å². The molecule has 1 saturated heterocycles. The minimum Gasteiger partial charge on any atom is -0.369 e. The van der Waals surface area contributed by atoms with Gasteiger partial charge in [0.2, 0.25) is 0 Å². The van der Waals surface area contributed by atoms with E-state index in [9.17, 15) is 0 Å². The lowest BCUT2D eigenvalue weighted by atomic mass is 9.42. The first-order valence-electron chi connectivity index (χ1n) is 8.42. The molecule has 1 heterocycles. The maximum atomic E-state index is 6.06. The van der Waals surface area contributed by atoms with Gasteiger partial charge in [0.15, 0.2) is 0 Å². The van der Waals surface area contributed by atoms with Crippen LogP contribution in [-0.2, 0) is 4.74 Å². The highest BCUT2D eigenvalue weighted by molar-refractivity contribution is 5.28. The molecule has 0 N–H and O–H groups in total. The smallest absolute Gasteiger partial charge is 0.0978 e. The van der Waals surface area contributed by atoms with E-state index in [0.717, 1.165) is 17.4 Å². The van der Waals surface area contributed by atoms with Gasteiger partial charge in [0.1, 0.15) is 0 Å². The topological polar surface area (TPSA) is 12.5 Å². The SMILES string of the molecule is C1CCC2(C1)CCC[C@]21CCC[C@@]12CC[C@@]21CO1. The molecule has 3 atom stereocenters. The van der Waals surface area contributed by atoms with Gasteiger partial charge >= 0.3 is 0 Å². The van der Waals surface area contributed by atoms with Gasteiger partial charge in [0, 0.05) is 5.41 Å². The van der Waals surface area contributed by atoms with Crippen LogP contribution in [0.15, 0.2) is 0 Å². The minimum atomic E-state index is 0.406. The molecule has 5 aliphatic rings. The second-order valence-corrected chi connectivity index (χ2v) is 8.14. The zero-order valence-electron chi connectivity index (χ0n) is 11.6. The number of ether oxygens (including phenoxy) is 1. The van der Waals surface area contributed by atoms with Crippen molar-refractivity contribution in [3.63, 3.8) is 0 Å². The molecule has 4 aliphatic carbocycles. The van der Waals surface area contributed by atoms with Crippen LogP contribution >= 0.6 is 0 Å². The highest BCUT2D eigenvalue weighted by atomic mass is 16.6. The van der Waals surface area contributed by atoms with E-state index in [1.54, 1.807) is 32.1 Å². The Kier molecular flexibility index (Phi) is 1.78. The van der Waals surface area contributed by atoms with Gasteiger partial charge in [-0.1, -0.05) is 25.7 Å². The van der Waals surface area contributed by atoms with Crippen LogP contribution in [0.2, 0.25) is 0 Å². The molecular formula is C17H26O. The summed E-state index contributed by atoms with van der Waals surface area (Å²) in [5.74, 6) is 0. The van der Waals surface area contributed by atoms with E-state index in [-0.39, 0.29) is 0 Å². The van der Waals surface area contributed by atoms with E-state index in [1.807, 2.05) is 0 Å². The summed E-state index contributed by atoms with van der Waals surface area (Å²) in [5, 5.41) is 0. The molecule has 0 amide bonds. The molecular weight excluding hydrogens is 220 g/mol. The standard InChI is InChI=1S/C17H26O/c1-2-6-14(5-1)7-3-8-15(14)9-4-10-16(15)11-12-17(16)13-18-17/h1-13H2/t15-,16+,17+/m0/s1. The van der Waals surface area contributed by atoms with Crippen molar-refractivity contribution in [2.24, 2.45) is 16.2 Å². The second-order valence-electron chi connectivity index (χ2n) is 8.14. The van der Waals surface area contributed by atoms with E-state index < -0.39 is 0 Å². The largest absolute Gasteiger partial charge is 0.369 e. The Bertz CT molecular complexity index is 381. The Morgan fingerprint density at radius 1 is 0.556 bits per heavy atom. The molecule has 5 rings (SSSR count). The fraction of sp³-hybridized carbons (Fsp3) is 1.00. The maximum Gasteiger partial charge on any atom is 0.0978 e. The van der Waals surface area contributed by atoms with Gasteiger partial charge in [-0.25, -0.2) is 0 Å². The molecule has 100 valence electrons. The molecule has 0 aromatic carbocycles. The zero-order valence-corrected chi connectivity index (χ0v) is 11.6. The van der Waals surface area contributed by atoms with E-state index in [0.29, 0.717) is 11.0 Å². The lowest BCUT2D eigenvalue weighted by molar-refractivity contribution is -0.147. The summed E-state index contributed by atoms with van der Waals surface area (Å²) in [5.41, 5.74) is 2.55. The molecule has 1 aliphatic heterocycles. The van der Waals surface area contributed by atoms with Crippen LogP contribution in [0.4, 0.5) is 0 Å². The number of epoxide rings is 1. The quantitative estimate of drug-likeness (QED) is 0.575. The normalized spacial score (nSPS) is 56.0. The highest BCUT2D eigenvalue weighted by Gasteiger charge is 2.80. The summed E-state index contributed by atoms with van der Waals surface area (Å²) < 4.78 is 6.06. The van der Waals surface area contributed by atoms with Crippen molar-refractivity contribution in [2.45, 2.75) is 82.7 Å². The van der Waals surface area contributed by atoms with Crippen molar-refractivity contribution < 1.29 is 4.74 Å². The predicted molar refractivity (Wildman–Crippen MR) is 71.4 cm³/mol. The fourth-order valence-electron chi connectivity index (χ4n) is 7.56. The Labute approximate surface area is 111 Å². The van der Waals surface area contributed by atoms with Gasteiger partial charge in [-0.3, -0.25) is 0 Å². The highest BCUT2D eigenvalue weighted by Crippen LogP contribution is 2.82. The van der Waals surface area contributed by atoms with Crippen LogP contribution in [0.1, 0.15) is 77.0 Å². The third-order valence-electron chi connectivity index (χ3n) is 8.28. The van der Waals surface area contributed by atoms with Crippen LogP contribution in [-0.4, -0.2) is 12.2 Å². The average Bonchev–Trinajstić information content (AvgIpc) is 2.78. The van der Waals surface area contributed by atoms with E-state index in [1.165, 1.54) is 44.9 Å². The fourth-order valence-corrected chi connectivity index (χ4v) is 7.56. The van der Waals surface area contributed by atoms with Gasteiger partial charge in [-0.2, -0.15) is 0 Å². The van der Waals surface area contributed by atoms with Crippen LogP contribution in [0.25, 0.3) is 0 Å². The predicted octanol–water partition coefficient (Wildman–Crippen LogP) is 4.45. The molecule has 1 nitrogen and oxygen atoms in total. The average molecular weight is 246 g/mol. The van der Waals surface area contributed by atoms with Crippen molar-refractivity contribution in [3.8, 4) is 0 Å². The van der Waals surface area contributed by atoms with Gasteiger partial charge in [-0.05, 0) is 62.2 Å². The van der Waals surface area contributed by atoms with Crippen molar-refractivity contribution >= 4 is 0 Å². The minimum absolute atomic E-state index is 0.406. The van der Waals surface area contributed by atoms with Crippen LogP contribution < -0.4 is 0 Å². The van der Waals surface area contributed by atoms with E-state index in [2.05, 4.69) is 0 Å². The summed E-state index contributed by atoms with van der Waals surface area (Å²) in [7, 11) is 0. The molecule has 0 bridgehead atoms. The Balaban J connectivity index is 1.65. The van der Waals surface area contributed by atoms with Crippen LogP contribution in [0, 0.1) is 16.2 Å². The van der Waals surface area contributed by atoms with Crippen LogP contribution in [0.5, 0.6) is 0 Å². The Hall–Kier alpha value is -0.0400. The van der Waals surface area contributed by atoms with Gasteiger partial charge < -0.3 is 4.74 Å². The number of hydrogen-bond donors (Lipinski definition) is 0. The molecule has 4 saturated carbocycles. The van der Waals surface area contributed by atoms with Gasteiger partial charge in [0.05, 0.1) is 12.2 Å². The summed E-state index contributed by atoms with van der Waals surface area (Å²) in [6.07, 6.45) is 18.3. The lowest BCUT2D eigenvalue weighted by Gasteiger charge is -2.61. The van der Waals surface area contributed by atoms with Crippen molar-refractivity contribution in [3.05, 3.63) is 0 Å². The first-order valence-corrected chi connectivity index (χ1v) is 8.42. The second kappa shape index (κ2) is 3.00. The number of fused-ring (bicyclic) bond motifs is 3. The molecule has 0 aromatic rings. The van der Waals surface area contributed by atoms with E-state index in [4.69, 9.17) is 4.74 Å². The molecule has 0 radical (unpaired) electrons. The summed E-state index contributed by atoms with van der Waals surface area (Å²) in [6.45, 7) is 1.12. The first kappa shape index (κ1) is 10.7.